The van der Waals surface area contributed by atoms with Crippen LogP contribution < -0.4 is 15.5 Å². The number of benzene rings is 1. The number of fused-ring (bicyclic) bond motifs is 1. The van der Waals surface area contributed by atoms with Gasteiger partial charge in [0, 0.05) is 29.4 Å². The first kappa shape index (κ1) is 19.0. The van der Waals surface area contributed by atoms with Crippen molar-refractivity contribution >= 4 is 52.4 Å². The van der Waals surface area contributed by atoms with Crippen molar-refractivity contribution in [2.24, 2.45) is 0 Å². The second-order valence-corrected chi connectivity index (χ2v) is 8.17. The molecule has 0 aliphatic carbocycles. The predicted molar refractivity (Wildman–Crippen MR) is 110 cm³/mol. The number of aromatic nitrogens is 1. The average Bonchev–Trinajstić information content (AvgIpc) is 2.70. The highest BCUT2D eigenvalue weighted by Crippen LogP contribution is 2.38. The van der Waals surface area contributed by atoms with E-state index in [9.17, 15) is 9.59 Å². The molecule has 9 heteroatoms. The summed E-state index contributed by atoms with van der Waals surface area (Å²) in [5, 5.41) is 5.63. The lowest BCUT2D eigenvalue weighted by molar-refractivity contribution is -0.120. The van der Waals surface area contributed by atoms with E-state index < -0.39 is 5.25 Å². The van der Waals surface area contributed by atoms with Gasteiger partial charge in [0.1, 0.15) is 5.82 Å². The summed E-state index contributed by atoms with van der Waals surface area (Å²) in [6.07, 6.45) is 1.80. The highest BCUT2D eigenvalue weighted by molar-refractivity contribution is 8.01. The van der Waals surface area contributed by atoms with Crippen LogP contribution in [0.5, 0.6) is 0 Å². The van der Waals surface area contributed by atoms with Crippen LogP contribution in [0.15, 0.2) is 41.4 Å². The van der Waals surface area contributed by atoms with Gasteiger partial charge in [0.05, 0.1) is 36.0 Å². The predicted octanol–water partition coefficient (Wildman–Crippen LogP) is 3.01. The van der Waals surface area contributed by atoms with Crippen LogP contribution >= 0.6 is 23.4 Å². The van der Waals surface area contributed by atoms with Crippen molar-refractivity contribution < 1.29 is 14.3 Å². The number of carbonyl (C=O) groups excluding carboxylic acids is 2. The second kappa shape index (κ2) is 8.38. The Hall–Kier alpha value is -2.29. The molecule has 4 rings (SSSR count). The molecule has 2 N–H and O–H groups in total. The first-order valence-electron chi connectivity index (χ1n) is 8.94. The minimum absolute atomic E-state index is 0.0610. The van der Waals surface area contributed by atoms with E-state index in [2.05, 4.69) is 20.5 Å². The molecule has 1 aromatic carbocycles. The summed E-state index contributed by atoms with van der Waals surface area (Å²) < 4.78 is 5.35. The maximum atomic E-state index is 12.4. The Morgan fingerprint density at radius 2 is 2.14 bits per heavy atom. The number of ether oxygens (including phenoxy) is 1. The van der Waals surface area contributed by atoms with E-state index in [0.29, 0.717) is 29.7 Å². The number of nitrogens with one attached hydrogen (secondary N) is 2. The van der Waals surface area contributed by atoms with Gasteiger partial charge in [-0.1, -0.05) is 11.6 Å². The SMILES string of the molecule is O=C(C[C@@H]1Sc2ccc(Cl)cc2NC1=O)Nc1ccc(N2CCOCC2)cn1. The van der Waals surface area contributed by atoms with Gasteiger partial charge in [0.15, 0.2) is 0 Å². The number of amides is 2. The van der Waals surface area contributed by atoms with Crippen molar-refractivity contribution in [2.75, 3.05) is 41.8 Å². The van der Waals surface area contributed by atoms with Gasteiger partial charge in [-0.2, -0.15) is 0 Å². The molecule has 0 bridgehead atoms. The largest absolute Gasteiger partial charge is 0.378 e. The van der Waals surface area contributed by atoms with E-state index >= 15 is 0 Å². The molecule has 3 heterocycles. The molecule has 1 fully saturated rings. The minimum atomic E-state index is -0.499. The van der Waals surface area contributed by atoms with Gasteiger partial charge in [-0.25, -0.2) is 4.98 Å². The van der Waals surface area contributed by atoms with Gasteiger partial charge < -0.3 is 20.3 Å². The quantitative estimate of drug-likeness (QED) is 0.794. The van der Waals surface area contributed by atoms with Crippen molar-refractivity contribution in [3.63, 3.8) is 0 Å². The van der Waals surface area contributed by atoms with E-state index in [-0.39, 0.29) is 18.2 Å². The summed E-state index contributed by atoms with van der Waals surface area (Å²) in [6, 6.07) is 9.02. The third-order valence-electron chi connectivity index (χ3n) is 4.52. The number of anilines is 3. The average molecular weight is 419 g/mol. The molecule has 7 nitrogen and oxygen atoms in total. The van der Waals surface area contributed by atoms with E-state index in [1.54, 1.807) is 24.4 Å². The number of halogens is 1. The normalized spacial score (nSPS) is 19.0. The lowest BCUT2D eigenvalue weighted by Gasteiger charge is -2.28. The lowest BCUT2D eigenvalue weighted by atomic mass is 10.2. The standard InChI is InChI=1S/C19H19ClN4O3S/c20-12-1-3-15-14(9-12)22-19(26)16(28-15)10-18(25)23-17-4-2-13(11-21-17)24-5-7-27-8-6-24/h1-4,9,11,16H,5-8,10H2,(H,22,26)(H,21,23,25)/t16-/m0/s1. The van der Waals surface area contributed by atoms with Crippen LogP contribution in [0.4, 0.5) is 17.2 Å². The zero-order valence-corrected chi connectivity index (χ0v) is 16.6. The van der Waals surface area contributed by atoms with Gasteiger partial charge in [0.2, 0.25) is 11.8 Å². The minimum Gasteiger partial charge on any atom is -0.378 e. The molecule has 1 aromatic heterocycles. The van der Waals surface area contributed by atoms with Crippen LogP contribution in [-0.4, -0.2) is 48.4 Å². The third kappa shape index (κ3) is 4.40. The molecule has 2 aliphatic heterocycles. The highest BCUT2D eigenvalue weighted by atomic mass is 35.5. The molecule has 0 unspecified atom stereocenters. The number of morpholine rings is 1. The smallest absolute Gasteiger partial charge is 0.238 e. The number of thioether (sulfide) groups is 1. The number of nitrogens with zero attached hydrogens (tertiary/aromatic N) is 2. The van der Waals surface area contributed by atoms with Gasteiger partial charge >= 0.3 is 0 Å². The summed E-state index contributed by atoms with van der Waals surface area (Å²) in [4.78, 5) is 32.1. The van der Waals surface area contributed by atoms with Gasteiger partial charge in [0.25, 0.3) is 0 Å². The molecule has 0 radical (unpaired) electrons. The zero-order valence-electron chi connectivity index (χ0n) is 15.0. The van der Waals surface area contributed by atoms with Crippen molar-refractivity contribution in [1.82, 2.24) is 4.98 Å². The van der Waals surface area contributed by atoms with E-state index in [1.165, 1.54) is 11.8 Å². The fraction of sp³-hybridized carbons (Fsp3) is 0.316. The Labute approximate surface area is 171 Å². The van der Waals surface area contributed by atoms with E-state index in [1.807, 2.05) is 12.1 Å². The first-order valence-corrected chi connectivity index (χ1v) is 10.2. The van der Waals surface area contributed by atoms with Crippen LogP contribution in [0.3, 0.4) is 0 Å². The van der Waals surface area contributed by atoms with Crippen molar-refractivity contribution in [2.45, 2.75) is 16.6 Å². The molecule has 1 atom stereocenters. The summed E-state index contributed by atoms with van der Waals surface area (Å²) in [5.74, 6) is 0.0117. The molecule has 0 spiro atoms. The number of carbonyl (C=O) groups is 2. The fourth-order valence-electron chi connectivity index (χ4n) is 3.09. The Morgan fingerprint density at radius 1 is 1.32 bits per heavy atom. The van der Waals surface area contributed by atoms with Crippen LogP contribution in [0.1, 0.15) is 6.42 Å². The topological polar surface area (TPSA) is 83.6 Å². The van der Waals surface area contributed by atoms with Crippen LogP contribution in [-0.2, 0) is 14.3 Å². The molecule has 2 aliphatic rings. The summed E-state index contributed by atoms with van der Waals surface area (Å²) in [7, 11) is 0. The molecule has 2 amide bonds. The van der Waals surface area contributed by atoms with Crippen LogP contribution in [0.25, 0.3) is 0 Å². The zero-order chi connectivity index (χ0) is 19.5. The van der Waals surface area contributed by atoms with Crippen molar-refractivity contribution in [3.05, 3.63) is 41.6 Å². The fourth-order valence-corrected chi connectivity index (χ4v) is 4.35. The number of pyridine rings is 1. The molecular formula is C19H19ClN4O3S. The lowest BCUT2D eigenvalue weighted by Crippen LogP contribution is -2.36. The van der Waals surface area contributed by atoms with E-state index in [0.717, 1.165) is 23.7 Å². The monoisotopic (exact) mass is 418 g/mol. The Balaban J connectivity index is 1.35. The third-order valence-corrected chi connectivity index (χ3v) is 6.03. The van der Waals surface area contributed by atoms with E-state index in [4.69, 9.17) is 16.3 Å². The number of hydrogen-bond acceptors (Lipinski definition) is 6. The summed E-state index contributed by atoms with van der Waals surface area (Å²) >= 11 is 7.32. The van der Waals surface area contributed by atoms with Crippen molar-refractivity contribution in [3.8, 4) is 0 Å². The van der Waals surface area contributed by atoms with Gasteiger partial charge in [-0.15, -0.1) is 11.8 Å². The number of hydrogen-bond donors (Lipinski definition) is 2. The molecule has 1 saturated heterocycles. The van der Waals surface area contributed by atoms with Crippen molar-refractivity contribution in [1.29, 1.82) is 0 Å². The van der Waals surface area contributed by atoms with Crippen LogP contribution in [0.2, 0.25) is 5.02 Å². The molecule has 0 saturated carbocycles. The summed E-state index contributed by atoms with van der Waals surface area (Å²) in [6.45, 7) is 3.06. The molecule has 2 aromatic rings. The Bertz CT molecular complexity index is 887. The van der Waals surface area contributed by atoms with Gasteiger partial charge in [-0.3, -0.25) is 9.59 Å². The maximum Gasteiger partial charge on any atom is 0.238 e. The highest BCUT2D eigenvalue weighted by Gasteiger charge is 2.29. The molecular weight excluding hydrogens is 400 g/mol. The second-order valence-electron chi connectivity index (χ2n) is 6.49. The van der Waals surface area contributed by atoms with Gasteiger partial charge in [-0.05, 0) is 30.3 Å². The maximum absolute atomic E-state index is 12.4. The first-order chi connectivity index (χ1) is 13.6. The Morgan fingerprint density at radius 3 is 2.89 bits per heavy atom. The molecule has 146 valence electrons. The molecule has 28 heavy (non-hydrogen) atoms. The summed E-state index contributed by atoms with van der Waals surface area (Å²) in [5.41, 5.74) is 1.68. The Kier molecular flexibility index (Phi) is 5.70. The number of rotatable bonds is 4. The van der Waals surface area contributed by atoms with Crippen LogP contribution in [0, 0.1) is 0 Å².